The summed E-state index contributed by atoms with van der Waals surface area (Å²) in [6.07, 6.45) is 0. The lowest BCUT2D eigenvalue weighted by Crippen LogP contribution is -2.31. The van der Waals surface area contributed by atoms with Crippen molar-refractivity contribution >= 4 is 17.2 Å². The predicted octanol–water partition coefficient (Wildman–Crippen LogP) is 3.57. The van der Waals surface area contributed by atoms with E-state index in [0.29, 0.717) is 28.9 Å². The molecule has 0 spiro atoms. The third-order valence-electron chi connectivity index (χ3n) is 2.97. The molecule has 0 unspecified atom stereocenters. The first-order chi connectivity index (χ1) is 9.29. The number of rotatable bonds is 7. The van der Waals surface area contributed by atoms with Crippen molar-refractivity contribution in [1.82, 2.24) is 4.90 Å². The largest absolute Gasteiger partial charge is 0.389 e. The molecule has 0 aliphatic rings. The van der Waals surface area contributed by atoms with Gasteiger partial charge in [-0.25, -0.2) is 4.39 Å². The van der Waals surface area contributed by atoms with Gasteiger partial charge in [0.25, 0.3) is 0 Å². The molecule has 0 aliphatic heterocycles. The van der Waals surface area contributed by atoms with Crippen LogP contribution in [0.15, 0.2) is 18.2 Å². The maximum atomic E-state index is 14.0. The average molecular weight is 296 g/mol. The van der Waals surface area contributed by atoms with E-state index in [0.717, 1.165) is 18.7 Å². The molecular formula is C16H25FN2S. The van der Waals surface area contributed by atoms with Gasteiger partial charge < -0.3 is 5.73 Å². The Morgan fingerprint density at radius 2 is 1.75 bits per heavy atom. The minimum absolute atomic E-state index is 0.192. The van der Waals surface area contributed by atoms with Gasteiger partial charge in [0.2, 0.25) is 0 Å². The molecule has 1 rings (SSSR count). The molecule has 0 fully saturated rings. The van der Waals surface area contributed by atoms with Gasteiger partial charge in [-0.3, -0.25) is 4.90 Å². The van der Waals surface area contributed by atoms with E-state index in [1.165, 1.54) is 6.07 Å². The van der Waals surface area contributed by atoms with Gasteiger partial charge in [-0.05, 0) is 30.0 Å². The maximum Gasteiger partial charge on any atom is 0.127 e. The van der Waals surface area contributed by atoms with Crippen molar-refractivity contribution in [3.63, 3.8) is 0 Å². The first kappa shape index (κ1) is 17.1. The van der Waals surface area contributed by atoms with Crippen molar-refractivity contribution in [3.8, 4) is 0 Å². The average Bonchev–Trinajstić information content (AvgIpc) is 2.29. The topological polar surface area (TPSA) is 29.3 Å². The summed E-state index contributed by atoms with van der Waals surface area (Å²) in [7, 11) is 0. The van der Waals surface area contributed by atoms with Crippen LogP contribution < -0.4 is 5.73 Å². The van der Waals surface area contributed by atoms with Crippen molar-refractivity contribution in [3.05, 3.63) is 35.1 Å². The summed E-state index contributed by atoms with van der Waals surface area (Å²) in [6, 6.07) is 4.86. The summed E-state index contributed by atoms with van der Waals surface area (Å²) >= 11 is 4.96. The van der Waals surface area contributed by atoms with Gasteiger partial charge in [-0.2, -0.15) is 0 Å². The quantitative estimate of drug-likeness (QED) is 0.780. The van der Waals surface area contributed by atoms with Crippen LogP contribution in [0.5, 0.6) is 0 Å². The third kappa shape index (κ3) is 5.55. The molecule has 0 atom stereocenters. The molecule has 0 bridgehead atoms. The van der Waals surface area contributed by atoms with E-state index in [2.05, 4.69) is 32.6 Å². The summed E-state index contributed by atoms with van der Waals surface area (Å²) in [5, 5.41) is 0. The normalized spacial score (nSPS) is 11.6. The molecule has 1 aromatic rings. The van der Waals surface area contributed by atoms with Crippen LogP contribution in [0.2, 0.25) is 0 Å². The monoisotopic (exact) mass is 296 g/mol. The second-order valence-corrected chi connectivity index (χ2v) is 6.59. The maximum absolute atomic E-state index is 14.0. The van der Waals surface area contributed by atoms with Gasteiger partial charge in [0, 0.05) is 30.8 Å². The first-order valence-corrected chi connectivity index (χ1v) is 7.51. The summed E-state index contributed by atoms with van der Waals surface area (Å²) in [6.45, 7) is 11.2. The van der Waals surface area contributed by atoms with E-state index in [4.69, 9.17) is 18.0 Å². The number of halogens is 1. The van der Waals surface area contributed by atoms with Gasteiger partial charge in [0.05, 0.1) is 0 Å². The highest BCUT2D eigenvalue weighted by Crippen LogP contribution is 2.15. The molecule has 1 aromatic carbocycles. The zero-order valence-electron chi connectivity index (χ0n) is 12.8. The summed E-state index contributed by atoms with van der Waals surface area (Å²) in [5.74, 6) is 0.911. The van der Waals surface area contributed by atoms with E-state index in [-0.39, 0.29) is 5.82 Å². The zero-order valence-corrected chi connectivity index (χ0v) is 13.6. The van der Waals surface area contributed by atoms with E-state index >= 15 is 0 Å². The molecule has 0 aromatic heterocycles. The molecule has 0 radical (unpaired) electrons. The molecule has 0 saturated heterocycles. The smallest absolute Gasteiger partial charge is 0.127 e. The van der Waals surface area contributed by atoms with Crippen LogP contribution in [-0.4, -0.2) is 23.0 Å². The van der Waals surface area contributed by atoms with E-state index < -0.39 is 0 Å². The summed E-state index contributed by atoms with van der Waals surface area (Å²) in [5.41, 5.74) is 7.01. The molecule has 0 heterocycles. The lowest BCUT2D eigenvalue weighted by atomic mass is 10.1. The fourth-order valence-corrected chi connectivity index (χ4v) is 2.45. The number of nitrogens with two attached hydrogens (primary N) is 1. The van der Waals surface area contributed by atoms with E-state index in [1.54, 1.807) is 12.1 Å². The number of thiocarbonyl (C=S) groups is 1. The molecule has 0 amide bonds. The molecule has 112 valence electrons. The van der Waals surface area contributed by atoms with Crippen LogP contribution in [0.1, 0.15) is 38.8 Å². The fraction of sp³-hybridized carbons (Fsp3) is 0.562. The SMILES string of the molecule is CC(C)CN(Cc1cc(C(N)=S)ccc1F)CC(C)C. The highest BCUT2D eigenvalue weighted by atomic mass is 32.1. The minimum atomic E-state index is -0.192. The summed E-state index contributed by atoms with van der Waals surface area (Å²) in [4.78, 5) is 2.60. The molecule has 2 N–H and O–H groups in total. The van der Waals surface area contributed by atoms with Crippen molar-refractivity contribution in [1.29, 1.82) is 0 Å². The van der Waals surface area contributed by atoms with Crippen molar-refractivity contribution in [2.75, 3.05) is 13.1 Å². The summed E-state index contributed by atoms with van der Waals surface area (Å²) < 4.78 is 14.0. The Morgan fingerprint density at radius 1 is 1.20 bits per heavy atom. The van der Waals surface area contributed by atoms with Crippen LogP contribution in [0.3, 0.4) is 0 Å². The highest BCUT2D eigenvalue weighted by molar-refractivity contribution is 7.80. The van der Waals surface area contributed by atoms with Crippen LogP contribution in [0.25, 0.3) is 0 Å². The third-order valence-corrected chi connectivity index (χ3v) is 3.21. The van der Waals surface area contributed by atoms with E-state index in [1.807, 2.05) is 0 Å². The number of nitrogens with zero attached hydrogens (tertiary/aromatic N) is 1. The minimum Gasteiger partial charge on any atom is -0.389 e. The first-order valence-electron chi connectivity index (χ1n) is 7.10. The lowest BCUT2D eigenvalue weighted by Gasteiger charge is -2.26. The second kappa shape index (κ2) is 7.70. The van der Waals surface area contributed by atoms with Gasteiger partial charge in [0.1, 0.15) is 10.8 Å². The molecule has 0 saturated carbocycles. The van der Waals surface area contributed by atoms with Crippen LogP contribution >= 0.6 is 12.2 Å². The Morgan fingerprint density at radius 3 is 2.20 bits per heavy atom. The Labute approximate surface area is 127 Å². The number of hydrogen-bond donors (Lipinski definition) is 1. The Bertz CT molecular complexity index is 448. The molecule has 20 heavy (non-hydrogen) atoms. The van der Waals surface area contributed by atoms with Crippen LogP contribution in [0.4, 0.5) is 4.39 Å². The van der Waals surface area contributed by atoms with Gasteiger partial charge >= 0.3 is 0 Å². The van der Waals surface area contributed by atoms with Crippen molar-refractivity contribution < 1.29 is 4.39 Å². The van der Waals surface area contributed by atoms with Gasteiger partial charge in [0.15, 0.2) is 0 Å². The van der Waals surface area contributed by atoms with Gasteiger partial charge in [-0.1, -0.05) is 39.9 Å². The predicted molar refractivity (Wildman–Crippen MR) is 87.2 cm³/mol. The standard InChI is InChI=1S/C16H25FN2S/c1-11(2)8-19(9-12(3)4)10-14-7-13(16(18)20)5-6-15(14)17/h5-7,11-12H,8-10H2,1-4H3,(H2,18,20). The number of benzene rings is 1. The number of hydrogen-bond acceptors (Lipinski definition) is 2. The highest BCUT2D eigenvalue weighted by Gasteiger charge is 2.13. The molecule has 4 heteroatoms. The molecule has 2 nitrogen and oxygen atoms in total. The van der Waals surface area contributed by atoms with Crippen LogP contribution in [0, 0.1) is 17.7 Å². The van der Waals surface area contributed by atoms with Crippen molar-refractivity contribution in [2.24, 2.45) is 17.6 Å². The Kier molecular flexibility index (Phi) is 6.56. The van der Waals surface area contributed by atoms with Crippen molar-refractivity contribution in [2.45, 2.75) is 34.2 Å². The van der Waals surface area contributed by atoms with Gasteiger partial charge in [-0.15, -0.1) is 0 Å². The lowest BCUT2D eigenvalue weighted by molar-refractivity contribution is 0.209. The fourth-order valence-electron chi connectivity index (χ4n) is 2.33. The van der Waals surface area contributed by atoms with E-state index in [9.17, 15) is 4.39 Å². The molecular weight excluding hydrogens is 271 g/mol. The van der Waals surface area contributed by atoms with Crippen LogP contribution in [-0.2, 0) is 6.54 Å². The second-order valence-electron chi connectivity index (χ2n) is 6.15. The Balaban J connectivity index is 2.91. The Hall–Kier alpha value is -1.00. The zero-order chi connectivity index (χ0) is 15.3. The molecule has 0 aliphatic carbocycles.